The number of fused-ring (bicyclic) bond motifs is 1. The van der Waals surface area contributed by atoms with Crippen LogP contribution in [0.15, 0.2) is 48.0 Å². The molecule has 0 unspecified atom stereocenters. The molecule has 0 saturated heterocycles. The van der Waals surface area contributed by atoms with Gasteiger partial charge in [-0.15, -0.1) is 6.58 Å². The second-order valence-corrected chi connectivity index (χ2v) is 8.54. The van der Waals surface area contributed by atoms with Gasteiger partial charge in [-0.25, -0.2) is 8.42 Å². The summed E-state index contributed by atoms with van der Waals surface area (Å²) < 4.78 is 29.6. The fourth-order valence-corrected chi connectivity index (χ4v) is 4.62. The number of hydrogen-bond donors (Lipinski definition) is 2. The van der Waals surface area contributed by atoms with E-state index in [-0.39, 0.29) is 10.6 Å². The number of carbonyl (C=O) groups excluding carboxylic acids is 1. The molecule has 0 aliphatic carbocycles. The van der Waals surface area contributed by atoms with Crippen molar-refractivity contribution in [3.8, 4) is 6.07 Å². The molecule has 144 valence electrons. The van der Waals surface area contributed by atoms with Gasteiger partial charge in [-0.1, -0.05) is 24.3 Å². The van der Waals surface area contributed by atoms with Crippen LogP contribution in [0.2, 0.25) is 0 Å². The number of aromatic nitrogens is 1. The minimum absolute atomic E-state index is 0.0172. The Bertz CT molecular complexity index is 1170. The van der Waals surface area contributed by atoms with Gasteiger partial charge in [0.2, 0.25) is 10.0 Å². The first-order valence-electron chi connectivity index (χ1n) is 8.48. The zero-order valence-electron chi connectivity index (χ0n) is 15.8. The average Bonchev–Trinajstić information content (AvgIpc) is 2.94. The van der Waals surface area contributed by atoms with Gasteiger partial charge in [-0.2, -0.15) is 9.98 Å². The largest absolute Gasteiger partial charge is 0.345 e. The van der Waals surface area contributed by atoms with Crippen molar-refractivity contribution >= 4 is 27.7 Å². The van der Waals surface area contributed by atoms with Gasteiger partial charge in [0.1, 0.15) is 10.6 Å². The molecular formula is C20H20N4O3S. The maximum atomic E-state index is 12.9. The summed E-state index contributed by atoms with van der Waals surface area (Å²) >= 11 is 0. The molecule has 0 spiro atoms. The second kappa shape index (κ2) is 6.78. The summed E-state index contributed by atoms with van der Waals surface area (Å²) in [5.74, 6) is -0.474. The molecule has 7 nitrogen and oxygen atoms in total. The summed E-state index contributed by atoms with van der Waals surface area (Å²) in [4.78, 5) is 12.9. The van der Waals surface area contributed by atoms with Crippen molar-refractivity contribution in [3.05, 3.63) is 65.5 Å². The number of nitrogens with one attached hydrogen (secondary N) is 2. The molecule has 8 heteroatoms. The van der Waals surface area contributed by atoms with E-state index in [4.69, 9.17) is 5.26 Å². The Labute approximate surface area is 164 Å². The summed E-state index contributed by atoms with van der Waals surface area (Å²) in [6, 6.07) is 7.09. The fraction of sp³-hybridized carbons (Fsp3) is 0.200. The number of carbonyl (C=O) groups is 1. The smallest absolute Gasteiger partial charge is 0.272 e. The lowest BCUT2D eigenvalue weighted by molar-refractivity contribution is 0.101. The Morgan fingerprint density at radius 2 is 2.14 bits per heavy atom. The van der Waals surface area contributed by atoms with Crippen molar-refractivity contribution < 1.29 is 13.2 Å². The number of sulfonamides is 1. The maximum absolute atomic E-state index is 12.9. The summed E-state index contributed by atoms with van der Waals surface area (Å²) in [5.41, 5.74) is 1.25. The Balaban J connectivity index is 2.07. The van der Waals surface area contributed by atoms with Gasteiger partial charge in [0.25, 0.3) is 5.91 Å². The number of aryl methyl sites for hydroxylation is 2. The van der Waals surface area contributed by atoms with Gasteiger partial charge >= 0.3 is 0 Å². The van der Waals surface area contributed by atoms with Crippen LogP contribution in [0.3, 0.4) is 0 Å². The molecule has 1 aromatic carbocycles. The second-order valence-electron chi connectivity index (χ2n) is 6.89. The van der Waals surface area contributed by atoms with Crippen molar-refractivity contribution in [1.82, 2.24) is 9.29 Å². The van der Waals surface area contributed by atoms with E-state index in [9.17, 15) is 13.2 Å². The number of rotatable bonds is 3. The summed E-state index contributed by atoms with van der Waals surface area (Å²) in [6.07, 6.45) is 6.16. The zero-order valence-corrected chi connectivity index (χ0v) is 16.6. The number of amides is 1. The van der Waals surface area contributed by atoms with E-state index in [0.717, 1.165) is 5.56 Å². The number of nitrogens with zero attached hydrogens (tertiary/aromatic N) is 2. The third-order valence-electron chi connectivity index (χ3n) is 4.68. The van der Waals surface area contributed by atoms with Crippen molar-refractivity contribution in [1.29, 1.82) is 5.26 Å². The fourth-order valence-electron chi connectivity index (χ4n) is 3.03. The molecule has 0 saturated carbocycles. The normalized spacial score (nSPS) is 19.9. The van der Waals surface area contributed by atoms with Gasteiger partial charge in [0.05, 0.1) is 17.2 Å². The molecule has 28 heavy (non-hydrogen) atoms. The Morgan fingerprint density at radius 1 is 1.43 bits per heavy atom. The van der Waals surface area contributed by atoms with Gasteiger partial charge in [-0.3, -0.25) is 4.79 Å². The van der Waals surface area contributed by atoms with Gasteiger partial charge < -0.3 is 9.88 Å². The third kappa shape index (κ3) is 3.38. The average molecular weight is 396 g/mol. The van der Waals surface area contributed by atoms with Gasteiger partial charge in [-0.05, 0) is 31.5 Å². The molecule has 1 aliphatic heterocycles. The van der Waals surface area contributed by atoms with Crippen LogP contribution >= 0.6 is 0 Å². The van der Waals surface area contributed by atoms with E-state index >= 15 is 0 Å². The lowest BCUT2D eigenvalue weighted by Gasteiger charge is -2.21. The van der Waals surface area contributed by atoms with E-state index < -0.39 is 21.5 Å². The lowest BCUT2D eigenvalue weighted by atomic mass is 10.0. The summed E-state index contributed by atoms with van der Waals surface area (Å²) in [5, 5.41) is 11.9. The van der Waals surface area contributed by atoms with Crippen LogP contribution < -0.4 is 10.0 Å². The van der Waals surface area contributed by atoms with Crippen LogP contribution in [0.1, 0.15) is 34.1 Å². The minimum atomic E-state index is -3.85. The molecule has 0 bridgehead atoms. The van der Waals surface area contributed by atoms with Crippen molar-refractivity contribution in [2.45, 2.75) is 24.3 Å². The Hall–Kier alpha value is -3.15. The van der Waals surface area contributed by atoms with E-state index in [1.807, 2.05) is 0 Å². The predicted octanol–water partition coefficient (Wildman–Crippen LogP) is 2.71. The highest BCUT2D eigenvalue weighted by molar-refractivity contribution is 7.89. The van der Waals surface area contributed by atoms with E-state index in [0.29, 0.717) is 16.8 Å². The molecule has 1 aliphatic rings. The van der Waals surface area contributed by atoms with Crippen LogP contribution in [0.25, 0.3) is 6.08 Å². The quantitative estimate of drug-likeness (QED) is 0.779. The van der Waals surface area contributed by atoms with Crippen molar-refractivity contribution in [2.75, 3.05) is 5.32 Å². The summed E-state index contributed by atoms with van der Waals surface area (Å²) in [6.45, 7) is 7.16. The monoisotopic (exact) mass is 396 g/mol. The van der Waals surface area contributed by atoms with Crippen LogP contribution in [-0.4, -0.2) is 24.4 Å². The van der Waals surface area contributed by atoms with E-state index in [1.54, 1.807) is 51.2 Å². The first-order valence-corrected chi connectivity index (χ1v) is 9.97. The van der Waals surface area contributed by atoms with Crippen molar-refractivity contribution in [3.63, 3.8) is 0 Å². The Morgan fingerprint density at radius 3 is 2.79 bits per heavy atom. The zero-order chi connectivity index (χ0) is 20.7. The maximum Gasteiger partial charge on any atom is 0.272 e. The van der Waals surface area contributed by atoms with E-state index in [1.165, 1.54) is 16.8 Å². The molecule has 2 N–H and O–H groups in total. The minimum Gasteiger partial charge on any atom is -0.345 e. The third-order valence-corrected chi connectivity index (χ3v) is 6.29. The highest BCUT2D eigenvalue weighted by atomic mass is 32.2. The molecular weight excluding hydrogens is 376 g/mol. The Kier molecular flexibility index (Phi) is 4.75. The number of nitriles is 1. The van der Waals surface area contributed by atoms with Crippen molar-refractivity contribution in [2.24, 2.45) is 7.05 Å². The molecule has 0 radical (unpaired) electrons. The lowest BCUT2D eigenvalue weighted by Crippen LogP contribution is -2.41. The molecule has 3 rings (SSSR count). The van der Waals surface area contributed by atoms with Crippen LogP contribution in [0.4, 0.5) is 5.69 Å². The van der Waals surface area contributed by atoms with Gasteiger partial charge in [0.15, 0.2) is 0 Å². The molecule has 2 aromatic rings. The van der Waals surface area contributed by atoms with Crippen LogP contribution in [0.5, 0.6) is 0 Å². The topological polar surface area (TPSA) is 104 Å². The SMILES string of the molecule is C=C[C@@]1(C)C=Cc2c(cn(C)c2C(=O)Nc2ccc(C)c(C#N)c2)S(=O)(=O)N1. The van der Waals surface area contributed by atoms with Crippen LogP contribution in [-0.2, 0) is 17.1 Å². The van der Waals surface area contributed by atoms with E-state index in [2.05, 4.69) is 22.7 Å². The number of benzene rings is 1. The first-order chi connectivity index (χ1) is 13.1. The van der Waals surface area contributed by atoms with Crippen LogP contribution in [0, 0.1) is 18.3 Å². The standard InChI is InChI=1S/C20H20N4O3S/c1-5-20(3)9-8-16-17(28(26,27)23-20)12-24(4)18(16)19(25)22-15-7-6-13(2)14(10-15)11-21/h5-10,12,23H,1H2,2-4H3,(H,22,25)/t20-/m0/s1. The first kappa shape index (κ1) is 19.6. The molecule has 1 aromatic heterocycles. The molecule has 1 amide bonds. The number of anilines is 1. The number of hydrogen-bond acceptors (Lipinski definition) is 4. The van der Waals surface area contributed by atoms with Gasteiger partial charge in [0, 0.05) is 24.5 Å². The predicted molar refractivity (Wildman–Crippen MR) is 107 cm³/mol. The highest BCUT2D eigenvalue weighted by Crippen LogP contribution is 2.30. The molecule has 0 fully saturated rings. The molecule has 1 atom stereocenters. The molecule has 2 heterocycles. The highest BCUT2D eigenvalue weighted by Gasteiger charge is 2.34. The summed E-state index contributed by atoms with van der Waals surface area (Å²) in [7, 11) is -2.24.